The molecule has 0 unspecified atom stereocenters. The van der Waals surface area contributed by atoms with E-state index in [4.69, 9.17) is 23.2 Å². The largest absolute Gasteiger partial charge is 0.122 e. The molecule has 1 rings (SSSR count). The Balaban J connectivity index is 3.28. The predicted molar refractivity (Wildman–Crippen MR) is 64.3 cm³/mol. The summed E-state index contributed by atoms with van der Waals surface area (Å²) < 4.78 is 0. The molecule has 0 N–H and O–H groups in total. The van der Waals surface area contributed by atoms with E-state index < -0.39 is 0 Å². The molecule has 0 fully saturated rings. The van der Waals surface area contributed by atoms with Gasteiger partial charge in [-0.2, -0.15) is 0 Å². The number of hydrogen-bond acceptors (Lipinski definition) is 0. The third-order valence-electron chi connectivity index (χ3n) is 2.62. The molecule has 0 aliphatic heterocycles. The van der Waals surface area contributed by atoms with Crippen LogP contribution in [0.15, 0.2) is 12.1 Å². The summed E-state index contributed by atoms with van der Waals surface area (Å²) in [6.45, 7) is 4.34. The molecule has 0 nitrogen and oxygen atoms in total. The van der Waals surface area contributed by atoms with Gasteiger partial charge < -0.3 is 0 Å². The summed E-state index contributed by atoms with van der Waals surface area (Å²) in [5.41, 5.74) is 5.28. The van der Waals surface area contributed by atoms with Gasteiger partial charge in [-0.15, -0.1) is 23.2 Å². The van der Waals surface area contributed by atoms with Crippen molar-refractivity contribution in [1.82, 2.24) is 0 Å². The molecule has 0 saturated carbocycles. The molecular weight excluding hydrogens is 215 g/mol. The third-order valence-corrected chi connectivity index (χ3v) is 3.20. The molecule has 0 atom stereocenters. The Labute approximate surface area is 96.2 Å². The second kappa shape index (κ2) is 5.63. The molecule has 0 aliphatic rings. The van der Waals surface area contributed by atoms with E-state index in [0.29, 0.717) is 11.8 Å². The fourth-order valence-corrected chi connectivity index (χ4v) is 2.42. The molecule has 78 valence electrons. The third kappa shape index (κ3) is 2.24. The highest BCUT2D eigenvalue weighted by Gasteiger charge is 2.09. The first kappa shape index (κ1) is 11.9. The van der Waals surface area contributed by atoms with Gasteiger partial charge in [0.1, 0.15) is 0 Å². The Morgan fingerprint density at radius 1 is 0.857 bits per heavy atom. The Kier molecular flexibility index (Phi) is 4.77. The highest BCUT2D eigenvalue weighted by atomic mass is 35.5. The van der Waals surface area contributed by atoms with Crippen LogP contribution in [0.1, 0.15) is 36.1 Å². The number of halogens is 2. The van der Waals surface area contributed by atoms with Gasteiger partial charge >= 0.3 is 0 Å². The lowest BCUT2D eigenvalue weighted by Gasteiger charge is -2.14. The van der Waals surface area contributed by atoms with Gasteiger partial charge in [0.05, 0.1) is 0 Å². The van der Waals surface area contributed by atoms with Crippen molar-refractivity contribution in [3.8, 4) is 0 Å². The number of hydrogen-bond donors (Lipinski definition) is 0. The highest BCUT2D eigenvalue weighted by molar-refractivity contribution is 6.17. The molecule has 0 aliphatic carbocycles. The second-order valence-corrected chi connectivity index (χ2v) is 3.85. The van der Waals surface area contributed by atoms with Crippen LogP contribution in [0.2, 0.25) is 0 Å². The molecule has 0 bridgehead atoms. The zero-order valence-corrected chi connectivity index (χ0v) is 10.3. The van der Waals surface area contributed by atoms with Gasteiger partial charge in [-0.3, -0.25) is 0 Å². The van der Waals surface area contributed by atoms with E-state index in [9.17, 15) is 0 Å². The minimum Gasteiger partial charge on any atom is -0.122 e. The maximum atomic E-state index is 5.90. The summed E-state index contributed by atoms with van der Waals surface area (Å²) in [7, 11) is 0. The molecule has 14 heavy (non-hydrogen) atoms. The Morgan fingerprint density at radius 3 is 1.43 bits per heavy atom. The zero-order valence-electron chi connectivity index (χ0n) is 8.74. The van der Waals surface area contributed by atoms with Crippen molar-refractivity contribution in [1.29, 1.82) is 0 Å². The van der Waals surface area contributed by atoms with E-state index in [-0.39, 0.29) is 0 Å². The SMILES string of the molecule is CCc1c(CCl)ccc(CCl)c1CC. The van der Waals surface area contributed by atoms with Crippen molar-refractivity contribution in [3.63, 3.8) is 0 Å². The minimum absolute atomic E-state index is 0.596. The average molecular weight is 231 g/mol. The fourth-order valence-electron chi connectivity index (χ4n) is 1.92. The van der Waals surface area contributed by atoms with Gasteiger partial charge in [0.2, 0.25) is 0 Å². The minimum atomic E-state index is 0.596. The molecule has 0 amide bonds. The predicted octanol–water partition coefficient (Wildman–Crippen LogP) is 4.29. The van der Waals surface area contributed by atoms with Crippen LogP contribution in [-0.2, 0) is 24.6 Å². The fraction of sp³-hybridized carbons (Fsp3) is 0.500. The topological polar surface area (TPSA) is 0 Å². The Bertz CT molecular complexity index is 274. The molecule has 0 heterocycles. The smallest absolute Gasteiger partial charge is 0.0476 e. The lowest BCUT2D eigenvalue weighted by Crippen LogP contribution is -2.01. The summed E-state index contributed by atoms with van der Waals surface area (Å²) >= 11 is 11.8. The van der Waals surface area contributed by atoms with Crippen molar-refractivity contribution in [2.24, 2.45) is 0 Å². The quantitative estimate of drug-likeness (QED) is 0.678. The van der Waals surface area contributed by atoms with Crippen molar-refractivity contribution in [2.45, 2.75) is 38.4 Å². The van der Waals surface area contributed by atoms with Crippen LogP contribution in [0.5, 0.6) is 0 Å². The molecule has 0 spiro atoms. The summed E-state index contributed by atoms with van der Waals surface area (Å²) in [4.78, 5) is 0. The van der Waals surface area contributed by atoms with Gasteiger partial charge in [0, 0.05) is 11.8 Å². The monoisotopic (exact) mass is 230 g/mol. The van der Waals surface area contributed by atoms with Gasteiger partial charge in [-0.25, -0.2) is 0 Å². The van der Waals surface area contributed by atoms with Crippen LogP contribution in [0, 0.1) is 0 Å². The molecule has 0 radical (unpaired) electrons. The Morgan fingerprint density at radius 2 is 1.21 bits per heavy atom. The molecule has 1 aromatic carbocycles. The van der Waals surface area contributed by atoms with Gasteiger partial charge in [-0.05, 0) is 35.1 Å². The van der Waals surface area contributed by atoms with Gasteiger partial charge in [0.15, 0.2) is 0 Å². The van der Waals surface area contributed by atoms with Crippen LogP contribution in [0.4, 0.5) is 0 Å². The normalized spacial score (nSPS) is 10.6. The lowest BCUT2D eigenvalue weighted by atomic mass is 9.94. The average Bonchev–Trinajstić information content (AvgIpc) is 2.26. The second-order valence-electron chi connectivity index (χ2n) is 3.32. The lowest BCUT2D eigenvalue weighted by molar-refractivity contribution is 0.991. The van der Waals surface area contributed by atoms with Crippen LogP contribution in [0.3, 0.4) is 0 Å². The van der Waals surface area contributed by atoms with E-state index >= 15 is 0 Å². The van der Waals surface area contributed by atoms with Crippen LogP contribution >= 0.6 is 23.2 Å². The summed E-state index contributed by atoms with van der Waals surface area (Å²) in [6, 6.07) is 4.20. The zero-order chi connectivity index (χ0) is 10.6. The summed E-state index contributed by atoms with van der Waals surface area (Å²) in [5, 5.41) is 0. The van der Waals surface area contributed by atoms with Crippen molar-refractivity contribution in [2.75, 3.05) is 0 Å². The van der Waals surface area contributed by atoms with Crippen molar-refractivity contribution in [3.05, 3.63) is 34.4 Å². The summed E-state index contributed by atoms with van der Waals surface area (Å²) in [6.07, 6.45) is 2.08. The number of alkyl halides is 2. The maximum absolute atomic E-state index is 5.90. The van der Waals surface area contributed by atoms with Gasteiger partial charge in [-0.1, -0.05) is 26.0 Å². The van der Waals surface area contributed by atoms with E-state index in [1.807, 2.05) is 0 Å². The summed E-state index contributed by atoms with van der Waals surface area (Å²) in [5.74, 6) is 1.19. The highest BCUT2D eigenvalue weighted by Crippen LogP contribution is 2.23. The molecular formula is C12H16Cl2. The van der Waals surface area contributed by atoms with E-state index in [0.717, 1.165) is 12.8 Å². The van der Waals surface area contributed by atoms with Crippen LogP contribution < -0.4 is 0 Å². The first-order valence-electron chi connectivity index (χ1n) is 5.02. The maximum Gasteiger partial charge on any atom is 0.0476 e. The number of rotatable bonds is 4. The Hall–Kier alpha value is -0.200. The first-order valence-corrected chi connectivity index (χ1v) is 6.09. The van der Waals surface area contributed by atoms with Crippen LogP contribution in [-0.4, -0.2) is 0 Å². The van der Waals surface area contributed by atoms with E-state index in [2.05, 4.69) is 26.0 Å². The molecule has 0 saturated heterocycles. The molecule has 1 aromatic rings. The molecule has 0 aromatic heterocycles. The van der Waals surface area contributed by atoms with E-state index in [1.54, 1.807) is 0 Å². The standard InChI is InChI=1S/C12H16Cl2/c1-3-11-9(7-13)5-6-10(8-14)12(11)4-2/h5-6H,3-4,7-8H2,1-2H3. The first-order chi connectivity index (χ1) is 6.78. The number of benzene rings is 1. The van der Waals surface area contributed by atoms with Crippen molar-refractivity contribution >= 4 is 23.2 Å². The van der Waals surface area contributed by atoms with Crippen LogP contribution in [0.25, 0.3) is 0 Å². The van der Waals surface area contributed by atoms with Gasteiger partial charge in [0.25, 0.3) is 0 Å². The van der Waals surface area contributed by atoms with E-state index in [1.165, 1.54) is 22.3 Å². The van der Waals surface area contributed by atoms with Crippen molar-refractivity contribution < 1.29 is 0 Å². The molecule has 2 heteroatoms.